The number of hydrogen-bond acceptors (Lipinski definition) is 1. The summed E-state index contributed by atoms with van der Waals surface area (Å²) < 4.78 is 0. The molecule has 1 nitrogen and oxygen atoms in total. The summed E-state index contributed by atoms with van der Waals surface area (Å²) in [6, 6.07) is 4.88. The van der Waals surface area contributed by atoms with Crippen LogP contribution in [0.25, 0.3) is 0 Å². The second-order valence-corrected chi connectivity index (χ2v) is 5.57. The summed E-state index contributed by atoms with van der Waals surface area (Å²) >= 11 is 5.97. The summed E-state index contributed by atoms with van der Waals surface area (Å²) in [5.74, 6) is 1.24. The number of hydrogen-bond donors (Lipinski definition) is 1. The molecule has 2 heteroatoms. The van der Waals surface area contributed by atoms with Crippen LogP contribution in [0.1, 0.15) is 36.1 Å². The van der Waals surface area contributed by atoms with Crippen LogP contribution in [0.15, 0.2) is 12.1 Å². The molecule has 0 amide bonds. The van der Waals surface area contributed by atoms with Crippen LogP contribution in [0.2, 0.25) is 0 Å². The maximum atomic E-state index is 5.97. The lowest BCUT2D eigenvalue weighted by molar-refractivity contribution is 0.429. The van der Waals surface area contributed by atoms with Crippen LogP contribution in [0.4, 0.5) is 0 Å². The largest absolute Gasteiger partial charge is 0.308 e. The van der Waals surface area contributed by atoms with Crippen molar-refractivity contribution >= 4 is 11.6 Å². The van der Waals surface area contributed by atoms with Crippen molar-refractivity contribution in [1.82, 2.24) is 5.32 Å². The zero-order chi connectivity index (χ0) is 13.0. The highest BCUT2D eigenvalue weighted by atomic mass is 35.5. The summed E-state index contributed by atoms with van der Waals surface area (Å²) in [6.45, 7) is 11.8. The van der Waals surface area contributed by atoms with Crippen molar-refractivity contribution in [2.24, 2.45) is 5.92 Å². The molecule has 1 aromatic carbocycles. The number of rotatable bonds is 5. The van der Waals surface area contributed by atoms with Gasteiger partial charge >= 0.3 is 0 Å². The van der Waals surface area contributed by atoms with E-state index in [0.717, 1.165) is 6.54 Å². The second kappa shape index (κ2) is 6.42. The summed E-state index contributed by atoms with van der Waals surface area (Å²) in [5, 5.41) is 3.55. The molecule has 0 saturated heterocycles. The van der Waals surface area contributed by atoms with Gasteiger partial charge in [0.1, 0.15) is 0 Å². The van der Waals surface area contributed by atoms with E-state index in [0.29, 0.717) is 17.8 Å². The third-order valence-corrected chi connectivity index (χ3v) is 3.68. The summed E-state index contributed by atoms with van der Waals surface area (Å²) in [7, 11) is 0. The Morgan fingerprint density at radius 3 is 2.06 bits per heavy atom. The van der Waals surface area contributed by atoms with Gasteiger partial charge in [0.05, 0.1) is 0 Å². The van der Waals surface area contributed by atoms with E-state index >= 15 is 0 Å². The summed E-state index contributed by atoms with van der Waals surface area (Å²) in [5.41, 5.74) is 5.48. The smallest absolute Gasteiger partial charge is 0.0380 e. The van der Waals surface area contributed by atoms with Crippen molar-refractivity contribution in [3.8, 4) is 0 Å². The molecule has 1 N–H and O–H groups in total. The van der Waals surface area contributed by atoms with E-state index in [2.05, 4.69) is 52.1 Å². The first-order chi connectivity index (χ1) is 7.95. The van der Waals surface area contributed by atoms with Crippen molar-refractivity contribution in [2.45, 2.75) is 47.2 Å². The molecule has 0 saturated carbocycles. The molecule has 1 rings (SSSR count). The Morgan fingerprint density at radius 2 is 1.65 bits per heavy atom. The molecule has 96 valence electrons. The number of benzene rings is 1. The van der Waals surface area contributed by atoms with Crippen LogP contribution in [-0.4, -0.2) is 11.9 Å². The lowest BCUT2D eigenvalue weighted by Crippen LogP contribution is -2.35. The second-order valence-electron chi connectivity index (χ2n) is 5.26. The minimum atomic E-state index is 0.386. The zero-order valence-corrected chi connectivity index (χ0v) is 12.4. The molecule has 0 aromatic heterocycles. The van der Waals surface area contributed by atoms with Gasteiger partial charge in [-0.2, -0.15) is 0 Å². The fraction of sp³-hybridized carbons (Fsp3) is 0.600. The number of halogens is 1. The number of nitrogens with one attached hydrogen (secondary N) is 1. The number of aryl methyl sites for hydroxylation is 3. The molecule has 17 heavy (non-hydrogen) atoms. The zero-order valence-electron chi connectivity index (χ0n) is 11.6. The molecule has 0 spiro atoms. The van der Waals surface area contributed by atoms with E-state index in [-0.39, 0.29) is 0 Å². The fourth-order valence-corrected chi connectivity index (χ4v) is 2.66. The molecule has 1 unspecified atom stereocenters. The lowest BCUT2D eigenvalue weighted by atomic mass is 9.99. The summed E-state index contributed by atoms with van der Waals surface area (Å²) in [6.07, 6.45) is 0. The van der Waals surface area contributed by atoms with Crippen molar-refractivity contribution in [3.63, 3.8) is 0 Å². The van der Waals surface area contributed by atoms with Crippen LogP contribution in [0, 0.1) is 26.7 Å². The monoisotopic (exact) mass is 253 g/mol. The molecule has 0 fully saturated rings. The maximum Gasteiger partial charge on any atom is 0.0380 e. The van der Waals surface area contributed by atoms with Crippen molar-refractivity contribution in [2.75, 3.05) is 5.88 Å². The van der Waals surface area contributed by atoms with Gasteiger partial charge in [-0.25, -0.2) is 0 Å². The highest BCUT2D eigenvalue weighted by Gasteiger charge is 2.12. The molecule has 0 heterocycles. The van der Waals surface area contributed by atoms with Gasteiger partial charge in [0.15, 0.2) is 0 Å². The Balaban J connectivity index is 2.75. The van der Waals surface area contributed by atoms with Crippen LogP contribution in [-0.2, 0) is 6.54 Å². The van der Waals surface area contributed by atoms with Gasteiger partial charge in [-0.3, -0.25) is 0 Å². The average Bonchev–Trinajstić information content (AvgIpc) is 2.21. The van der Waals surface area contributed by atoms with Crippen molar-refractivity contribution in [1.29, 1.82) is 0 Å². The molecule has 1 aromatic rings. The third-order valence-electron chi connectivity index (χ3n) is 3.35. The molecule has 0 radical (unpaired) electrons. The topological polar surface area (TPSA) is 12.0 Å². The molecular weight excluding hydrogens is 230 g/mol. The molecule has 0 aliphatic rings. The first-order valence-corrected chi connectivity index (χ1v) is 6.85. The van der Waals surface area contributed by atoms with E-state index < -0.39 is 0 Å². The Kier molecular flexibility index (Phi) is 5.48. The minimum Gasteiger partial charge on any atom is -0.308 e. The first kappa shape index (κ1) is 14.5. The Hall–Kier alpha value is -0.530. The Bertz CT molecular complexity index is 348. The predicted molar refractivity (Wildman–Crippen MR) is 76.8 cm³/mol. The normalized spacial score (nSPS) is 13.1. The van der Waals surface area contributed by atoms with Gasteiger partial charge < -0.3 is 5.32 Å². The fourth-order valence-electron chi connectivity index (χ4n) is 2.19. The predicted octanol–water partition coefficient (Wildman–Crippen LogP) is 3.96. The van der Waals surface area contributed by atoms with E-state index in [1.807, 2.05) is 0 Å². The van der Waals surface area contributed by atoms with Crippen molar-refractivity contribution < 1.29 is 0 Å². The molecule has 0 aliphatic heterocycles. The van der Waals surface area contributed by atoms with Gasteiger partial charge in [0, 0.05) is 18.5 Å². The van der Waals surface area contributed by atoms with Gasteiger partial charge in [0.2, 0.25) is 0 Å². The van der Waals surface area contributed by atoms with Crippen LogP contribution in [0.3, 0.4) is 0 Å². The Morgan fingerprint density at radius 1 is 1.12 bits per heavy atom. The van der Waals surface area contributed by atoms with E-state index in [9.17, 15) is 0 Å². The van der Waals surface area contributed by atoms with Gasteiger partial charge in [0.25, 0.3) is 0 Å². The van der Waals surface area contributed by atoms with Crippen LogP contribution < -0.4 is 5.32 Å². The van der Waals surface area contributed by atoms with Gasteiger partial charge in [-0.15, -0.1) is 11.6 Å². The standard InChI is InChI=1S/C15H24ClN/c1-10(2)15(8-16)17-9-14-12(4)6-11(3)7-13(14)5/h6-7,10,15,17H,8-9H2,1-5H3. The van der Waals surface area contributed by atoms with Crippen LogP contribution >= 0.6 is 11.6 Å². The Labute approximate surface area is 111 Å². The summed E-state index contributed by atoms with van der Waals surface area (Å²) in [4.78, 5) is 0. The maximum absolute atomic E-state index is 5.97. The molecule has 0 aliphatic carbocycles. The average molecular weight is 254 g/mol. The third kappa shape index (κ3) is 4.01. The van der Waals surface area contributed by atoms with Gasteiger partial charge in [-0.05, 0) is 43.4 Å². The SMILES string of the molecule is Cc1cc(C)c(CNC(CCl)C(C)C)c(C)c1. The molecule has 1 atom stereocenters. The quantitative estimate of drug-likeness (QED) is 0.784. The van der Waals surface area contributed by atoms with Crippen molar-refractivity contribution in [3.05, 3.63) is 34.4 Å². The highest BCUT2D eigenvalue weighted by Crippen LogP contribution is 2.17. The van der Waals surface area contributed by atoms with E-state index in [1.165, 1.54) is 22.3 Å². The van der Waals surface area contributed by atoms with E-state index in [4.69, 9.17) is 11.6 Å². The molecular formula is C15H24ClN. The van der Waals surface area contributed by atoms with E-state index in [1.54, 1.807) is 0 Å². The first-order valence-electron chi connectivity index (χ1n) is 6.31. The molecule has 0 bridgehead atoms. The van der Waals surface area contributed by atoms with Crippen LogP contribution in [0.5, 0.6) is 0 Å². The number of alkyl halides is 1. The lowest BCUT2D eigenvalue weighted by Gasteiger charge is -2.21. The van der Waals surface area contributed by atoms with Gasteiger partial charge in [-0.1, -0.05) is 31.5 Å². The highest BCUT2D eigenvalue weighted by molar-refractivity contribution is 6.18. The minimum absolute atomic E-state index is 0.386.